The Morgan fingerprint density at radius 1 is 1.14 bits per heavy atom. The summed E-state index contributed by atoms with van der Waals surface area (Å²) in [6.07, 6.45) is -8.17. The van der Waals surface area contributed by atoms with Crippen LogP contribution in [0.3, 0.4) is 0 Å². The zero-order chi connectivity index (χ0) is 27.7. The van der Waals surface area contributed by atoms with Gasteiger partial charge in [-0.1, -0.05) is 0 Å². The zero-order valence-electron chi connectivity index (χ0n) is 20.3. The number of benzene rings is 1. The molecule has 0 N–H and O–H groups in total. The predicted octanol–water partition coefficient (Wildman–Crippen LogP) is 6.53. The lowest BCUT2D eigenvalue weighted by Crippen LogP contribution is -2.52. The summed E-state index contributed by atoms with van der Waals surface area (Å²) in [4.78, 5) is 32.7. The molecule has 1 aromatic carbocycles. The zero-order valence-corrected chi connectivity index (χ0v) is 21.9. The summed E-state index contributed by atoms with van der Waals surface area (Å²) in [6.45, 7) is 4.37. The van der Waals surface area contributed by atoms with Gasteiger partial charge in [-0.2, -0.15) is 26.3 Å². The van der Waals surface area contributed by atoms with Crippen LogP contribution in [0.4, 0.5) is 31.1 Å². The third-order valence-electron chi connectivity index (χ3n) is 6.03. The van der Waals surface area contributed by atoms with Crippen LogP contribution in [0.25, 0.3) is 0 Å². The van der Waals surface area contributed by atoms with Crippen molar-refractivity contribution in [2.75, 3.05) is 6.54 Å². The molecule has 2 heterocycles. The molecule has 0 spiro atoms. The summed E-state index contributed by atoms with van der Waals surface area (Å²) in [5.41, 5.74) is -2.82. The highest BCUT2D eigenvalue weighted by molar-refractivity contribution is 9.11. The molecule has 1 fully saturated rings. The largest absolute Gasteiger partial charge is 0.447 e. The van der Waals surface area contributed by atoms with Crippen LogP contribution in [-0.4, -0.2) is 52.2 Å². The third kappa shape index (κ3) is 7.05. The van der Waals surface area contributed by atoms with Crippen LogP contribution >= 0.6 is 15.9 Å². The smallest absolute Gasteiger partial charge is 0.416 e. The second-order valence-electron chi connectivity index (χ2n) is 9.16. The van der Waals surface area contributed by atoms with E-state index in [9.17, 15) is 35.9 Å². The number of fused-ring (bicyclic) bond motifs is 1. The fraction of sp³-hybridized carbons (Fsp3) is 0.542. The van der Waals surface area contributed by atoms with E-state index in [1.54, 1.807) is 19.9 Å². The van der Waals surface area contributed by atoms with Crippen LogP contribution in [-0.2, 0) is 28.4 Å². The van der Waals surface area contributed by atoms with Gasteiger partial charge in [0.05, 0.1) is 35.0 Å². The summed E-state index contributed by atoms with van der Waals surface area (Å²) >= 11 is 3.30. The number of carbonyl (C=O) groups excluding carboxylic acids is 2. The Hall–Kier alpha value is -2.57. The molecule has 2 amide bonds. The number of alkyl halides is 6. The number of halogens is 7. The minimum atomic E-state index is -5.01. The van der Waals surface area contributed by atoms with E-state index in [1.165, 1.54) is 16.7 Å². The normalized spacial score (nSPS) is 20.6. The number of rotatable bonds is 4. The highest BCUT2D eigenvalue weighted by atomic mass is 79.9. The molecule has 0 aromatic heterocycles. The average molecular weight is 598 g/mol. The maximum Gasteiger partial charge on any atom is 0.416 e. The van der Waals surface area contributed by atoms with Gasteiger partial charge in [0, 0.05) is 20.0 Å². The third-order valence-corrected chi connectivity index (χ3v) is 6.53. The molecular weight excluding hydrogens is 572 g/mol. The summed E-state index contributed by atoms with van der Waals surface area (Å²) in [5.74, 6) is -0.554. The molecule has 2 unspecified atom stereocenters. The fourth-order valence-corrected chi connectivity index (χ4v) is 4.86. The Morgan fingerprint density at radius 2 is 1.73 bits per heavy atom. The average Bonchev–Trinajstić information content (AvgIpc) is 2.94. The number of amides is 2. The minimum Gasteiger partial charge on any atom is -0.447 e. The first-order valence-electron chi connectivity index (χ1n) is 11.5. The fourth-order valence-electron chi connectivity index (χ4n) is 4.47. The van der Waals surface area contributed by atoms with Crippen molar-refractivity contribution >= 4 is 33.6 Å². The highest BCUT2D eigenvalue weighted by Gasteiger charge is 2.41. The van der Waals surface area contributed by atoms with Crippen molar-refractivity contribution < 1.29 is 40.7 Å². The Labute approximate surface area is 218 Å². The lowest BCUT2D eigenvalue weighted by molar-refractivity contribution is -0.143. The Morgan fingerprint density at radius 3 is 2.24 bits per heavy atom. The van der Waals surface area contributed by atoms with E-state index in [-0.39, 0.29) is 24.3 Å². The first kappa shape index (κ1) is 29.0. The van der Waals surface area contributed by atoms with Crippen molar-refractivity contribution in [3.05, 3.63) is 45.6 Å². The van der Waals surface area contributed by atoms with E-state index < -0.39 is 54.1 Å². The second-order valence-corrected chi connectivity index (χ2v) is 9.97. The van der Waals surface area contributed by atoms with E-state index >= 15 is 0 Å². The lowest BCUT2D eigenvalue weighted by atomic mass is 9.95. The molecule has 6 nitrogen and oxygen atoms in total. The molecule has 1 saturated heterocycles. The summed E-state index contributed by atoms with van der Waals surface area (Å²) in [5, 5.41) is 0. The molecule has 2 aliphatic heterocycles. The van der Waals surface area contributed by atoms with Crippen LogP contribution in [0, 0.1) is 0 Å². The quantitative estimate of drug-likeness (QED) is 0.293. The van der Waals surface area contributed by atoms with Crippen LogP contribution in [0.5, 0.6) is 0 Å². The highest BCUT2D eigenvalue weighted by Crippen LogP contribution is 2.37. The summed E-state index contributed by atoms with van der Waals surface area (Å²) in [7, 11) is 0. The van der Waals surface area contributed by atoms with Crippen molar-refractivity contribution in [1.82, 2.24) is 9.80 Å². The van der Waals surface area contributed by atoms with Crippen molar-refractivity contribution in [3.63, 3.8) is 0 Å². The van der Waals surface area contributed by atoms with Crippen molar-refractivity contribution in [2.45, 2.75) is 77.1 Å². The molecule has 0 radical (unpaired) electrons. The molecule has 2 atom stereocenters. The number of carbonyl (C=O) groups is 2. The van der Waals surface area contributed by atoms with E-state index in [4.69, 9.17) is 4.74 Å². The number of aliphatic imine (C=N–C) groups is 1. The standard InChI is InChI=1S/C24H26BrF6N3O3/c1-13(2)37-22(36)33-8-4-5-18(21-19(33)6-7-20(25)32-21)34(14(3)35)12-15-9-16(23(26,27)28)11-17(10-15)24(29,30)31/h7,9-11,13,18-19H,4-6,8,12H2,1-3H3. The van der Waals surface area contributed by atoms with Gasteiger partial charge in [0.1, 0.15) is 4.61 Å². The van der Waals surface area contributed by atoms with Gasteiger partial charge in [-0.3, -0.25) is 9.69 Å². The number of ether oxygens (including phenoxy) is 1. The number of nitrogens with zero attached hydrogens (tertiary/aromatic N) is 3. The summed E-state index contributed by atoms with van der Waals surface area (Å²) in [6, 6.07) is -0.0678. The van der Waals surface area contributed by atoms with Gasteiger partial charge >= 0.3 is 18.4 Å². The van der Waals surface area contributed by atoms with Crippen LogP contribution in [0.2, 0.25) is 0 Å². The van der Waals surface area contributed by atoms with Gasteiger partial charge in [0.25, 0.3) is 0 Å². The van der Waals surface area contributed by atoms with Gasteiger partial charge in [0.15, 0.2) is 0 Å². The Bertz CT molecular complexity index is 1070. The van der Waals surface area contributed by atoms with E-state index in [2.05, 4.69) is 20.9 Å². The maximum atomic E-state index is 13.4. The van der Waals surface area contributed by atoms with Crippen molar-refractivity contribution in [1.29, 1.82) is 0 Å². The predicted molar refractivity (Wildman–Crippen MR) is 127 cm³/mol. The molecule has 3 rings (SSSR count). The van der Waals surface area contributed by atoms with E-state index in [0.29, 0.717) is 41.7 Å². The van der Waals surface area contributed by atoms with Crippen LogP contribution in [0.15, 0.2) is 33.9 Å². The Balaban J connectivity index is 2.02. The van der Waals surface area contributed by atoms with Gasteiger partial charge in [-0.15, -0.1) is 0 Å². The molecular formula is C24H26BrF6N3O3. The molecule has 1 aromatic rings. The number of hydrogen-bond donors (Lipinski definition) is 0. The number of likely N-dealkylation sites (tertiary alicyclic amines) is 1. The molecule has 2 aliphatic rings. The first-order valence-corrected chi connectivity index (χ1v) is 12.3. The molecule has 0 bridgehead atoms. The molecule has 0 aliphatic carbocycles. The SMILES string of the molecule is CC(=O)N(Cc1cc(C(F)(F)F)cc(C(F)(F)F)c1)C1CCCN(C(=O)OC(C)C)C2CC=C(Br)N=C12. The van der Waals surface area contributed by atoms with E-state index in [1.807, 2.05) is 0 Å². The molecule has 0 saturated carbocycles. The molecule has 37 heavy (non-hydrogen) atoms. The Kier molecular flexibility index (Phi) is 8.65. The van der Waals surface area contributed by atoms with Crippen molar-refractivity contribution in [2.24, 2.45) is 4.99 Å². The topological polar surface area (TPSA) is 62.2 Å². The van der Waals surface area contributed by atoms with Crippen LogP contribution in [0.1, 0.15) is 56.7 Å². The van der Waals surface area contributed by atoms with Gasteiger partial charge in [-0.05, 0) is 78.9 Å². The van der Waals surface area contributed by atoms with Crippen molar-refractivity contribution in [3.8, 4) is 0 Å². The second kappa shape index (κ2) is 11.0. The lowest BCUT2D eigenvalue weighted by Gasteiger charge is -2.37. The first-order chi connectivity index (χ1) is 17.1. The maximum absolute atomic E-state index is 13.4. The summed E-state index contributed by atoms with van der Waals surface area (Å²) < 4.78 is 86.1. The van der Waals surface area contributed by atoms with E-state index in [0.717, 1.165) is 0 Å². The van der Waals surface area contributed by atoms with Gasteiger partial charge in [-0.25, -0.2) is 9.79 Å². The van der Waals surface area contributed by atoms with Crippen LogP contribution < -0.4 is 0 Å². The minimum absolute atomic E-state index is 0.0502. The van der Waals surface area contributed by atoms with Gasteiger partial charge < -0.3 is 9.64 Å². The molecule has 13 heteroatoms. The van der Waals surface area contributed by atoms with Gasteiger partial charge in [0.2, 0.25) is 5.91 Å². The molecule has 204 valence electrons. The number of hydrogen-bond acceptors (Lipinski definition) is 4. The monoisotopic (exact) mass is 597 g/mol.